The molecule has 43 heavy (non-hydrogen) atoms. The largest absolute Gasteiger partial charge is 0.478 e. The normalized spacial score (nSPS) is 12.0. The lowest BCUT2D eigenvalue weighted by atomic mass is 10.1. The number of anilines is 1. The molecule has 0 unspecified atom stereocenters. The number of nitro groups is 1. The van der Waals surface area contributed by atoms with Gasteiger partial charge in [-0.05, 0) is 59.0 Å². The summed E-state index contributed by atoms with van der Waals surface area (Å²) in [5.74, 6) is -2.20. The van der Waals surface area contributed by atoms with Crippen molar-refractivity contribution in [2.45, 2.75) is 4.90 Å². The fourth-order valence-electron chi connectivity index (χ4n) is 4.23. The lowest BCUT2D eigenvalue weighted by Crippen LogP contribution is -2.41. The highest BCUT2D eigenvalue weighted by atomic mass is 127. The van der Waals surface area contributed by atoms with Crippen molar-refractivity contribution in [1.29, 1.82) is 0 Å². The van der Waals surface area contributed by atoms with Crippen LogP contribution in [0.1, 0.15) is 10.4 Å². The van der Waals surface area contributed by atoms with E-state index in [4.69, 9.17) is 4.42 Å². The van der Waals surface area contributed by atoms with Crippen LogP contribution in [0.4, 0.5) is 15.9 Å². The molecular weight excluding hydrogens is 722 g/mol. The Labute approximate surface area is 258 Å². The first-order valence-electron chi connectivity index (χ1n) is 12.1. The van der Waals surface area contributed by atoms with E-state index in [1.54, 1.807) is 22.6 Å². The Balaban J connectivity index is 1.78. The molecule has 2 aromatic heterocycles. The zero-order valence-electron chi connectivity index (χ0n) is 22.2. The number of hydrogen-bond donors (Lipinski definition) is 1. The number of nitrogens with zero attached hydrogens (tertiary/aromatic N) is 4. The second kappa shape index (κ2) is 12.3. The van der Waals surface area contributed by atoms with E-state index in [1.165, 1.54) is 36.4 Å². The highest BCUT2D eigenvalue weighted by molar-refractivity contribution is 14.1. The second-order valence-electron chi connectivity index (χ2n) is 8.98. The summed E-state index contributed by atoms with van der Waals surface area (Å²) in [5.41, 5.74) is -0.899. The molecule has 0 aliphatic carbocycles. The van der Waals surface area contributed by atoms with Gasteiger partial charge in [0.1, 0.15) is 11.4 Å². The van der Waals surface area contributed by atoms with Crippen molar-refractivity contribution in [3.8, 4) is 11.3 Å². The second-order valence-corrected chi connectivity index (χ2v) is 14.0. The molecule has 2 aromatic carbocycles. The summed E-state index contributed by atoms with van der Waals surface area (Å²) in [6.45, 7) is 2.31. The van der Waals surface area contributed by atoms with Crippen LogP contribution in [0.2, 0.25) is 0 Å². The van der Waals surface area contributed by atoms with Gasteiger partial charge in [0, 0.05) is 31.3 Å². The van der Waals surface area contributed by atoms with Crippen molar-refractivity contribution in [3.05, 3.63) is 92.3 Å². The van der Waals surface area contributed by atoms with Gasteiger partial charge in [0.25, 0.3) is 5.69 Å². The molecule has 0 spiro atoms. The summed E-state index contributed by atoms with van der Waals surface area (Å²) in [6, 6.07) is 11.0. The predicted octanol–water partition coefficient (Wildman–Crippen LogP) is 4.49. The molecular formula is C26H22FIN4O9S2. The topological polar surface area (TPSA) is 181 Å². The number of carbonyl (C=O) groups is 1. The Bertz CT molecular complexity index is 1960. The van der Waals surface area contributed by atoms with Crippen LogP contribution in [0.3, 0.4) is 0 Å². The number of sulfonamides is 2. The number of para-hydroxylation sites is 1. The third-order valence-electron chi connectivity index (χ3n) is 6.14. The first-order valence-corrected chi connectivity index (χ1v) is 16.5. The maximum absolute atomic E-state index is 13.5. The Hall–Kier alpha value is -3.94. The minimum atomic E-state index is -4.49. The van der Waals surface area contributed by atoms with Crippen molar-refractivity contribution < 1.29 is 40.5 Å². The van der Waals surface area contributed by atoms with Crippen LogP contribution < -0.4 is 4.31 Å². The van der Waals surface area contributed by atoms with E-state index in [9.17, 15) is 41.2 Å². The third-order valence-corrected chi connectivity index (χ3v) is 10.0. The van der Waals surface area contributed by atoms with Gasteiger partial charge in [0.2, 0.25) is 25.8 Å². The summed E-state index contributed by atoms with van der Waals surface area (Å²) in [5, 5.41) is 21.5. The molecule has 0 aliphatic heterocycles. The lowest BCUT2D eigenvalue weighted by Gasteiger charge is -2.26. The van der Waals surface area contributed by atoms with Crippen molar-refractivity contribution in [2.24, 2.45) is 0 Å². The third kappa shape index (κ3) is 6.53. The number of benzene rings is 2. The number of carboxylic acids is 1. The molecule has 0 fully saturated rings. The molecule has 13 nitrogen and oxygen atoms in total. The van der Waals surface area contributed by atoms with Gasteiger partial charge in [0.15, 0.2) is 16.5 Å². The first kappa shape index (κ1) is 32.0. The molecule has 2 heterocycles. The molecule has 4 aromatic rings. The van der Waals surface area contributed by atoms with Crippen molar-refractivity contribution in [3.63, 3.8) is 0 Å². The van der Waals surface area contributed by atoms with Crippen LogP contribution in [0.15, 0.2) is 76.6 Å². The Morgan fingerprint density at radius 2 is 1.81 bits per heavy atom. The number of carboxylic acid groups (broad SMARTS) is 1. The molecule has 0 bridgehead atoms. The quantitative estimate of drug-likeness (QED) is 0.0940. The Morgan fingerprint density at radius 1 is 1.16 bits per heavy atom. The van der Waals surface area contributed by atoms with Crippen LogP contribution in [0, 0.1) is 19.5 Å². The van der Waals surface area contributed by atoms with Gasteiger partial charge in [-0.1, -0.05) is 18.2 Å². The van der Waals surface area contributed by atoms with Crippen LogP contribution in [-0.4, -0.2) is 68.0 Å². The fourth-order valence-corrected chi connectivity index (χ4v) is 7.54. The predicted molar refractivity (Wildman–Crippen MR) is 163 cm³/mol. The fraction of sp³-hybridized carbons (Fsp3) is 0.154. The molecule has 1 N–H and O–H groups in total. The van der Waals surface area contributed by atoms with Crippen LogP contribution in [-0.2, 0) is 20.0 Å². The number of nitro benzene ring substituents is 1. The number of halogens is 2. The molecule has 0 aliphatic rings. The van der Waals surface area contributed by atoms with Gasteiger partial charge in [0.05, 0.1) is 20.1 Å². The molecule has 0 radical (unpaired) electrons. The molecule has 0 amide bonds. The number of aromatic carboxylic acids is 1. The minimum absolute atomic E-state index is 0.0562. The maximum Gasteiger partial charge on any atom is 0.340 e. The Kier molecular flexibility index (Phi) is 9.19. The number of furan rings is 1. The van der Waals surface area contributed by atoms with Crippen molar-refractivity contribution in [1.82, 2.24) is 9.29 Å². The number of pyridine rings is 1. The summed E-state index contributed by atoms with van der Waals surface area (Å²) >= 11 is 1.77. The molecule has 0 saturated heterocycles. The summed E-state index contributed by atoms with van der Waals surface area (Å²) < 4.78 is 73.8. The monoisotopic (exact) mass is 744 g/mol. The van der Waals surface area contributed by atoms with E-state index in [0.717, 1.165) is 39.1 Å². The van der Waals surface area contributed by atoms with Crippen molar-refractivity contribution in [2.75, 3.05) is 30.2 Å². The summed E-state index contributed by atoms with van der Waals surface area (Å²) in [4.78, 5) is 26.5. The van der Waals surface area contributed by atoms with Gasteiger partial charge in [-0.25, -0.2) is 26.0 Å². The van der Waals surface area contributed by atoms with Gasteiger partial charge in [-0.15, -0.1) is 6.58 Å². The SMILES string of the molecule is C=CCN(CCN(c1nc2oc(-c3ccc(F)cc3)c(C(=O)O)c2cc1I)S(C)(=O)=O)S(=O)(=O)c1ccccc1[N+](=O)[O-]. The van der Waals surface area contributed by atoms with E-state index in [-0.39, 0.29) is 43.9 Å². The van der Waals surface area contributed by atoms with E-state index < -0.39 is 60.4 Å². The minimum Gasteiger partial charge on any atom is -0.478 e. The highest BCUT2D eigenvalue weighted by Gasteiger charge is 2.33. The molecule has 226 valence electrons. The Morgan fingerprint density at radius 3 is 2.40 bits per heavy atom. The van der Waals surface area contributed by atoms with Gasteiger partial charge < -0.3 is 9.52 Å². The van der Waals surface area contributed by atoms with E-state index in [1.807, 2.05) is 0 Å². The van der Waals surface area contributed by atoms with Crippen LogP contribution in [0.25, 0.3) is 22.4 Å². The number of fused-ring (bicyclic) bond motifs is 1. The number of aromatic nitrogens is 1. The van der Waals surface area contributed by atoms with Crippen LogP contribution in [0.5, 0.6) is 0 Å². The standard InChI is InChI=1S/C26H22FIN4O9S2/c1-3-12-30(43(39,40)21-7-5-4-6-20(21)32(35)36)13-14-31(42(2,37)38)24-19(28)15-18-22(26(33)34)23(41-25(18)29-24)16-8-10-17(27)11-9-16/h3-11,15H,1,12-14H2,2H3,(H,33,34). The van der Waals surface area contributed by atoms with Gasteiger partial charge in [-0.3, -0.25) is 14.4 Å². The van der Waals surface area contributed by atoms with Crippen molar-refractivity contribution >= 4 is 71.2 Å². The summed E-state index contributed by atoms with van der Waals surface area (Å²) in [6.07, 6.45) is 2.12. The average Bonchev–Trinajstić information content (AvgIpc) is 3.30. The summed E-state index contributed by atoms with van der Waals surface area (Å²) in [7, 11) is -8.60. The number of rotatable bonds is 12. The van der Waals surface area contributed by atoms with Gasteiger partial charge in [-0.2, -0.15) is 9.29 Å². The molecule has 0 saturated carbocycles. The zero-order chi connectivity index (χ0) is 31.7. The molecule has 4 rings (SSSR count). The average molecular weight is 745 g/mol. The first-order chi connectivity index (χ1) is 20.2. The molecule has 0 atom stereocenters. The van der Waals surface area contributed by atoms with Crippen LogP contribution >= 0.6 is 22.6 Å². The van der Waals surface area contributed by atoms with E-state index in [2.05, 4.69) is 11.6 Å². The molecule has 17 heteroatoms. The smallest absolute Gasteiger partial charge is 0.340 e. The van der Waals surface area contributed by atoms with Gasteiger partial charge >= 0.3 is 5.97 Å². The highest BCUT2D eigenvalue weighted by Crippen LogP contribution is 2.36. The number of hydrogen-bond acceptors (Lipinski definition) is 9. The maximum atomic E-state index is 13.5. The van der Waals surface area contributed by atoms with E-state index in [0.29, 0.717) is 0 Å². The lowest BCUT2D eigenvalue weighted by molar-refractivity contribution is -0.387. The van der Waals surface area contributed by atoms with E-state index >= 15 is 0 Å². The zero-order valence-corrected chi connectivity index (χ0v) is 26.0.